The molecular weight excluding hydrogens is 397 g/mol. The number of benzene rings is 2. The summed E-state index contributed by atoms with van der Waals surface area (Å²) in [6, 6.07) is 8.25. The molecule has 2 aromatic carbocycles. The van der Waals surface area contributed by atoms with Gasteiger partial charge in [-0.1, -0.05) is 29.3 Å². The van der Waals surface area contributed by atoms with Crippen molar-refractivity contribution in [3.8, 4) is 17.6 Å². The number of ether oxygens (including phenoxy) is 1. The maximum Gasteiger partial charge on any atom is 0.274 e. The van der Waals surface area contributed by atoms with Gasteiger partial charge in [-0.3, -0.25) is 14.9 Å². The Balaban J connectivity index is 2.45. The summed E-state index contributed by atoms with van der Waals surface area (Å²) in [5, 5.41) is 33.1. The van der Waals surface area contributed by atoms with E-state index in [1.54, 1.807) is 12.1 Å². The number of anilines is 1. The minimum absolute atomic E-state index is 0.0877. The number of nitro groups is 1. The van der Waals surface area contributed by atoms with E-state index in [0.717, 1.165) is 18.2 Å². The molecule has 1 amide bonds. The zero-order valence-corrected chi connectivity index (χ0v) is 15.2. The number of rotatable bonds is 5. The van der Waals surface area contributed by atoms with E-state index in [1.165, 1.54) is 19.2 Å². The fraction of sp³-hybridized carbons (Fsp3) is 0.0588. The van der Waals surface area contributed by atoms with Gasteiger partial charge in [0.2, 0.25) is 0 Å². The number of nitro benzene ring substituents is 1. The van der Waals surface area contributed by atoms with Crippen LogP contribution in [0.5, 0.6) is 11.5 Å². The van der Waals surface area contributed by atoms with E-state index < -0.39 is 22.2 Å². The number of non-ortho nitro benzene ring substituents is 1. The highest BCUT2D eigenvalue weighted by atomic mass is 35.5. The Hall–Kier alpha value is -3.28. The molecule has 0 saturated carbocycles. The number of methoxy groups -OCH3 is 1. The van der Waals surface area contributed by atoms with Gasteiger partial charge >= 0.3 is 0 Å². The average Bonchev–Trinajstić information content (AvgIpc) is 2.64. The normalized spacial score (nSPS) is 10.8. The fourth-order valence-corrected chi connectivity index (χ4v) is 2.43. The molecule has 138 valence electrons. The third-order valence-electron chi connectivity index (χ3n) is 3.38. The molecule has 0 fully saturated rings. The first-order valence-corrected chi connectivity index (χ1v) is 7.96. The minimum Gasteiger partial charge on any atom is -0.504 e. The van der Waals surface area contributed by atoms with E-state index in [0.29, 0.717) is 0 Å². The molecule has 0 saturated heterocycles. The smallest absolute Gasteiger partial charge is 0.274 e. The van der Waals surface area contributed by atoms with Crippen molar-refractivity contribution in [1.82, 2.24) is 0 Å². The number of phenolic OH excluding ortho intramolecular Hbond substituents is 1. The van der Waals surface area contributed by atoms with E-state index in [4.69, 9.17) is 27.9 Å². The summed E-state index contributed by atoms with van der Waals surface area (Å²) in [7, 11) is 1.21. The van der Waals surface area contributed by atoms with Gasteiger partial charge in [0.1, 0.15) is 11.6 Å². The number of amides is 1. The number of carbonyl (C=O) groups excluding carboxylic acids is 1. The van der Waals surface area contributed by atoms with Crippen molar-refractivity contribution in [2.45, 2.75) is 0 Å². The predicted molar refractivity (Wildman–Crippen MR) is 100.0 cm³/mol. The summed E-state index contributed by atoms with van der Waals surface area (Å²) in [5.41, 5.74) is -0.767. The first-order valence-electron chi connectivity index (χ1n) is 7.21. The molecule has 10 heteroatoms. The van der Waals surface area contributed by atoms with Crippen LogP contribution in [0.2, 0.25) is 10.0 Å². The summed E-state index contributed by atoms with van der Waals surface area (Å²) < 4.78 is 4.88. The van der Waals surface area contributed by atoms with Crippen LogP contribution in [-0.4, -0.2) is 23.0 Å². The number of halogens is 2. The Kier molecular flexibility index (Phi) is 6.23. The van der Waals surface area contributed by atoms with Gasteiger partial charge in [0.15, 0.2) is 11.5 Å². The van der Waals surface area contributed by atoms with Crippen molar-refractivity contribution in [2.75, 3.05) is 12.4 Å². The Morgan fingerprint density at radius 1 is 1.41 bits per heavy atom. The Bertz CT molecular complexity index is 999. The molecule has 0 spiro atoms. The number of nitrogens with one attached hydrogen (secondary N) is 1. The minimum atomic E-state index is -0.841. The molecule has 2 rings (SSSR count). The lowest BCUT2D eigenvalue weighted by Crippen LogP contribution is -2.13. The molecule has 0 bridgehead atoms. The summed E-state index contributed by atoms with van der Waals surface area (Å²) in [6.45, 7) is 0. The van der Waals surface area contributed by atoms with Gasteiger partial charge in [0.25, 0.3) is 11.6 Å². The third kappa shape index (κ3) is 4.47. The molecule has 0 aromatic heterocycles. The lowest BCUT2D eigenvalue weighted by molar-refractivity contribution is -0.385. The Labute approximate surface area is 163 Å². The van der Waals surface area contributed by atoms with Crippen LogP contribution in [-0.2, 0) is 4.79 Å². The standard InChI is InChI=1S/C17H11Cl2N3O5/c1-27-14-7-11(22(25)26)6-9(16(14)23)5-10(8-20)17(24)21-13-4-2-3-12(18)15(13)19/h2-7,23H,1H3,(H,21,24)/b10-5-. The van der Waals surface area contributed by atoms with Gasteiger partial charge in [-0.25, -0.2) is 0 Å². The van der Waals surface area contributed by atoms with Gasteiger partial charge in [0.05, 0.1) is 33.8 Å². The number of aromatic hydroxyl groups is 1. The number of nitriles is 1. The average molecular weight is 408 g/mol. The van der Waals surface area contributed by atoms with Crippen LogP contribution < -0.4 is 10.1 Å². The van der Waals surface area contributed by atoms with Crippen molar-refractivity contribution in [3.63, 3.8) is 0 Å². The number of phenols is 1. The molecule has 0 heterocycles. The molecule has 8 nitrogen and oxygen atoms in total. The number of carbonyl (C=O) groups is 1. The fourth-order valence-electron chi connectivity index (χ4n) is 2.08. The Morgan fingerprint density at radius 2 is 2.11 bits per heavy atom. The SMILES string of the molecule is COc1cc([N+](=O)[O-])cc(/C=C(/C#N)C(=O)Nc2cccc(Cl)c2Cl)c1O. The van der Waals surface area contributed by atoms with Crippen LogP contribution in [0.25, 0.3) is 6.08 Å². The van der Waals surface area contributed by atoms with Crippen LogP contribution in [0.15, 0.2) is 35.9 Å². The van der Waals surface area contributed by atoms with E-state index in [9.17, 15) is 25.3 Å². The van der Waals surface area contributed by atoms with Crippen molar-refractivity contribution < 1.29 is 19.6 Å². The second-order valence-electron chi connectivity index (χ2n) is 5.07. The molecule has 2 aromatic rings. The lowest BCUT2D eigenvalue weighted by atomic mass is 10.1. The van der Waals surface area contributed by atoms with Crippen LogP contribution in [0.3, 0.4) is 0 Å². The van der Waals surface area contributed by atoms with Crippen LogP contribution >= 0.6 is 23.2 Å². The van der Waals surface area contributed by atoms with Crippen molar-refractivity contribution >= 4 is 46.6 Å². The number of nitrogens with zero attached hydrogens (tertiary/aromatic N) is 2. The summed E-state index contributed by atoms with van der Waals surface area (Å²) in [4.78, 5) is 22.7. The summed E-state index contributed by atoms with van der Waals surface area (Å²) in [6.07, 6.45) is 0.999. The zero-order valence-electron chi connectivity index (χ0n) is 13.7. The molecule has 0 atom stereocenters. The highest BCUT2D eigenvalue weighted by molar-refractivity contribution is 6.44. The molecule has 0 aliphatic carbocycles. The number of hydrogen-bond donors (Lipinski definition) is 2. The second-order valence-corrected chi connectivity index (χ2v) is 5.85. The first kappa shape index (κ1) is 20.0. The largest absolute Gasteiger partial charge is 0.504 e. The maximum atomic E-state index is 12.3. The van der Waals surface area contributed by atoms with Crippen LogP contribution in [0.1, 0.15) is 5.56 Å². The quantitative estimate of drug-likeness (QED) is 0.331. The van der Waals surface area contributed by atoms with Crippen LogP contribution in [0, 0.1) is 21.4 Å². The van der Waals surface area contributed by atoms with Crippen LogP contribution in [0.4, 0.5) is 11.4 Å². The van der Waals surface area contributed by atoms with Gasteiger partial charge in [-0.15, -0.1) is 0 Å². The van der Waals surface area contributed by atoms with Crippen molar-refractivity contribution in [3.05, 3.63) is 61.6 Å². The summed E-state index contributed by atoms with van der Waals surface area (Å²) >= 11 is 11.9. The molecule has 0 radical (unpaired) electrons. The summed E-state index contributed by atoms with van der Waals surface area (Å²) in [5.74, 6) is -1.47. The molecule has 0 aliphatic heterocycles. The highest BCUT2D eigenvalue weighted by Crippen LogP contribution is 2.36. The Morgan fingerprint density at radius 3 is 2.70 bits per heavy atom. The first-order chi connectivity index (χ1) is 12.8. The highest BCUT2D eigenvalue weighted by Gasteiger charge is 2.18. The van der Waals surface area contributed by atoms with Gasteiger partial charge in [-0.05, 0) is 18.2 Å². The molecule has 2 N–H and O–H groups in total. The van der Waals surface area contributed by atoms with Gasteiger partial charge in [-0.2, -0.15) is 5.26 Å². The molecule has 0 unspecified atom stereocenters. The topological polar surface area (TPSA) is 125 Å². The predicted octanol–water partition coefficient (Wildman–Crippen LogP) is 4.16. The molecule has 27 heavy (non-hydrogen) atoms. The molecular formula is C17H11Cl2N3O5. The number of hydrogen-bond acceptors (Lipinski definition) is 6. The van der Waals surface area contributed by atoms with E-state index in [1.807, 2.05) is 0 Å². The third-order valence-corrected chi connectivity index (χ3v) is 4.20. The zero-order chi connectivity index (χ0) is 20.1. The monoisotopic (exact) mass is 407 g/mol. The van der Waals surface area contributed by atoms with E-state index in [-0.39, 0.29) is 32.7 Å². The van der Waals surface area contributed by atoms with Crippen molar-refractivity contribution in [1.29, 1.82) is 5.26 Å². The van der Waals surface area contributed by atoms with E-state index in [2.05, 4.69) is 5.32 Å². The van der Waals surface area contributed by atoms with Crippen molar-refractivity contribution in [2.24, 2.45) is 0 Å². The van der Waals surface area contributed by atoms with Gasteiger partial charge in [0, 0.05) is 11.6 Å². The lowest BCUT2D eigenvalue weighted by Gasteiger charge is -2.09. The van der Waals surface area contributed by atoms with E-state index >= 15 is 0 Å². The van der Waals surface area contributed by atoms with Gasteiger partial charge < -0.3 is 15.2 Å². The maximum absolute atomic E-state index is 12.3. The molecule has 0 aliphatic rings. The second kappa shape index (κ2) is 8.40.